The molecule has 152 valence electrons. The number of rotatable bonds is 7. The van der Waals surface area contributed by atoms with Gasteiger partial charge in [0.2, 0.25) is 0 Å². The minimum atomic E-state index is -1.05. The van der Waals surface area contributed by atoms with Crippen molar-refractivity contribution in [2.45, 2.75) is 19.6 Å². The van der Waals surface area contributed by atoms with Gasteiger partial charge in [-0.05, 0) is 41.0 Å². The highest BCUT2D eigenvalue weighted by Crippen LogP contribution is 2.30. The summed E-state index contributed by atoms with van der Waals surface area (Å²) in [6.45, 7) is 0.509. The molecule has 0 atom stereocenters. The molecule has 0 fully saturated rings. The Morgan fingerprint density at radius 2 is 1.83 bits per heavy atom. The molecule has 1 heterocycles. The number of para-hydroxylation sites is 1. The van der Waals surface area contributed by atoms with Crippen LogP contribution in [0.2, 0.25) is 0 Å². The molecule has 30 heavy (non-hydrogen) atoms. The first kappa shape index (κ1) is 19.7. The maximum absolute atomic E-state index is 14.2. The Balaban J connectivity index is 1.64. The van der Waals surface area contributed by atoms with E-state index in [-0.39, 0.29) is 24.3 Å². The van der Waals surface area contributed by atoms with Gasteiger partial charge in [0.25, 0.3) is 0 Å². The zero-order valence-corrected chi connectivity index (χ0v) is 16.1. The predicted molar refractivity (Wildman–Crippen MR) is 112 cm³/mol. The number of carboxylic acid groups (broad SMARTS) is 1. The van der Waals surface area contributed by atoms with Crippen molar-refractivity contribution in [2.24, 2.45) is 5.73 Å². The lowest BCUT2D eigenvalue weighted by molar-refractivity contribution is -0.136. The predicted octanol–water partition coefficient (Wildman–Crippen LogP) is 4.90. The summed E-state index contributed by atoms with van der Waals surface area (Å²) in [7, 11) is 0. The van der Waals surface area contributed by atoms with Crippen molar-refractivity contribution in [2.75, 3.05) is 0 Å². The van der Waals surface area contributed by atoms with Crippen molar-refractivity contribution in [1.29, 1.82) is 0 Å². The minimum Gasteiger partial charge on any atom is -0.485 e. The van der Waals surface area contributed by atoms with E-state index in [1.807, 2.05) is 42.5 Å². The highest BCUT2D eigenvalue weighted by molar-refractivity contribution is 5.86. The normalized spacial score (nSPS) is 11.0. The molecule has 5 nitrogen and oxygen atoms in total. The van der Waals surface area contributed by atoms with E-state index >= 15 is 0 Å². The van der Waals surface area contributed by atoms with E-state index in [9.17, 15) is 9.18 Å². The molecule has 6 heteroatoms. The van der Waals surface area contributed by atoms with E-state index in [2.05, 4.69) is 0 Å². The Labute approximate surface area is 172 Å². The number of benzene rings is 3. The number of aliphatic carboxylic acids is 1. The van der Waals surface area contributed by atoms with Crippen LogP contribution in [0, 0.1) is 5.82 Å². The molecule has 0 radical (unpaired) electrons. The first-order valence-corrected chi connectivity index (χ1v) is 9.46. The lowest BCUT2D eigenvalue weighted by Gasteiger charge is -2.11. The van der Waals surface area contributed by atoms with E-state index in [4.69, 9.17) is 20.0 Å². The van der Waals surface area contributed by atoms with Gasteiger partial charge in [-0.3, -0.25) is 4.79 Å². The first-order valence-electron chi connectivity index (χ1n) is 9.46. The minimum absolute atomic E-state index is 0.0485. The third-order valence-corrected chi connectivity index (χ3v) is 4.91. The SMILES string of the molecule is NCc1cccc(-c2ccc3occ(COc4c(F)cccc4CC(=O)O)c3c2)c1. The van der Waals surface area contributed by atoms with Gasteiger partial charge in [0, 0.05) is 23.1 Å². The van der Waals surface area contributed by atoms with Crippen molar-refractivity contribution in [1.82, 2.24) is 0 Å². The summed E-state index contributed by atoms with van der Waals surface area (Å²) in [5, 5.41) is 9.90. The van der Waals surface area contributed by atoms with Crippen LogP contribution in [0.15, 0.2) is 71.3 Å². The smallest absolute Gasteiger partial charge is 0.307 e. The van der Waals surface area contributed by atoms with Gasteiger partial charge in [-0.25, -0.2) is 4.39 Å². The highest BCUT2D eigenvalue weighted by atomic mass is 19.1. The van der Waals surface area contributed by atoms with Crippen LogP contribution in [0.5, 0.6) is 5.75 Å². The molecule has 0 bridgehead atoms. The van der Waals surface area contributed by atoms with Crippen molar-refractivity contribution in [3.8, 4) is 16.9 Å². The van der Waals surface area contributed by atoms with E-state index in [0.717, 1.165) is 27.6 Å². The number of furan rings is 1. The summed E-state index contributed by atoms with van der Waals surface area (Å²) in [6, 6.07) is 18.1. The third-order valence-electron chi connectivity index (χ3n) is 4.91. The maximum Gasteiger partial charge on any atom is 0.307 e. The van der Waals surface area contributed by atoms with Crippen LogP contribution in [-0.4, -0.2) is 11.1 Å². The largest absolute Gasteiger partial charge is 0.485 e. The zero-order chi connectivity index (χ0) is 21.1. The van der Waals surface area contributed by atoms with Crippen LogP contribution < -0.4 is 10.5 Å². The Morgan fingerprint density at radius 3 is 2.63 bits per heavy atom. The van der Waals surface area contributed by atoms with Crippen LogP contribution >= 0.6 is 0 Å². The van der Waals surface area contributed by atoms with Crippen LogP contribution in [-0.2, 0) is 24.4 Å². The van der Waals surface area contributed by atoms with Gasteiger partial charge in [0.15, 0.2) is 11.6 Å². The van der Waals surface area contributed by atoms with Crippen molar-refractivity contribution >= 4 is 16.9 Å². The summed E-state index contributed by atoms with van der Waals surface area (Å²) in [6.07, 6.45) is 1.25. The van der Waals surface area contributed by atoms with Crippen LogP contribution in [0.3, 0.4) is 0 Å². The summed E-state index contributed by atoms with van der Waals surface area (Å²) < 4.78 is 25.5. The van der Waals surface area contributed by atoms with Gasteiger partial charge in [-0.2, -0.15) is 0 Å². The average molecular weight is 405 g/mol. The van der Waals surface area contributed by atoms with Crippen LogP contribution in [0.4, 0.5) is 4.39 Å². The third kappa shape index (κ3) is 4.04. The second-order valence-corrected chi connectivity index (χ2v) is 6.96. The number of ether oxygens (including phenoxy) is 1. The lowest BCUT2D eigenvalue weighted by Crippen LogP contribution is -2.05. The van der Waals surface area contributed by atoms with Gasteiger partial charge in [-0.15, -0.1) is 0 Å². The number of fused-ring (bicyclic) bond motifs is 1. The molecular formula is C24H20FNO4. The van der Waals surface area contributed by atoms with Crippen LogP contribution in [0.25, 0.3) is 22.1 Å². The quantitative estimate of drug-likeness (QED) is 0.457. The van der Waals surface area contributed by atoms with Crippen molar-refractivity contribution in [3.05, 3.63) is 89.4 Å². The summed E-state index contributed by atoms with van der Waals surface area (Å²) in [5.74, 6) is -1.70. The summed E-state index contributed by atoms with van der Waals surface area (Å²) in [5.41, 5.74) is 10.5. The highest BCUT2D eigenvalue weighted by Gasteiger charge is 2.15. The Kier molecular flexibility index (Phi) is 5.50. The fraction of sp³-hybridized carbons (Fsp3) is 0.125. The first-order chi connectivity index (χ1) is 14.5. The van der Waals surface area contributed by atoms with E-state index in [0.29, 0.717) is 12.1 Å². The molecule has 4 aromatic rings. The second kappa shape index (κ2) is 8.39. The average Bonchev–Trinajstić information content (AvgIpc) is 3.15. The lowest BCUT2D eigenvalue weighted by atomic mass is 10.0. The van der Waals surface area contributed by atoms with Crippen LogP contribution in [0.1, 0.15) is 16.7 Å². The van der Waals surface area contributed by atoms with Crippen molar-refractivity contribution in [3.63, 3.8) is 0 Å². The van der Waals surface area contributed by atoms with Crippen molar-refractivity contribution < 1.29 is 23.4 Å². The van der Waals surface area contributed by atoms with Gasteiger partial charge < -0.3 is 20.0 Å². The Morgan fingerprint density at radius 1 is 1.03 bits per heavy atom. The number of carbonyl (C=O) groups is 1. The molecule has 0 aliphatic heterocycles. The van der Waals surface area contributed by atoms with E-state index in [1.54, 1.807) is 12.3 Å². The van der Waals surface area contributed by atoms with Gasteiger partial charge in [-0.1, -0.05) is 36.4 Å². The number of nitrogens with two attached hydrogens (primary N) is 1. The van der Waals surface area contributed by atoms with Gasteiger partial charge >= 0.3 is 5.97 Å². The molecule has 0 amide bonds. The Hall–Kier alpha value is -3.64. The number of hydrogen-bond donors (Lipinski definition) is 2. The molecule has 0 spiro atoms. The molecule has 3 N–H and O–H groups in total. The molecular weight excluding hydrogens is 385 g/mol. The number of carboxylic acids is 1. The fourth-order valence-electron chi connectivity index (χ4n) is 3.42. The van der Waals surface area contributed by atoms with Gasteiger partial charge in [0.05, 0.1) is 12.7 Å². The molecule has 0 saturated carbocycles. The fourth-order valence-corrected chi connectivity index (χ4v) is 3.42. The zero-order valence-electron chi connectivity index (χ0n) is 16.1. The van der Waals surface area contributed by atoms with E-state index < -0.39 is 11.8 Å². The molecule has 0 aliphatic rings. The Bertz CT molecular complexity index is 1220. The number of halogens is 1. The summed E-state index contributed by atoms with van der Waals surface area (Å²) in [4.78, 5) is 11.1. The topological polar surface area (TPSA) is 85.7 Å². The maximum atomic E-state index is 14.2. The summed E-state index contributed by atoms with van der Waals surface area (Å²) >= 11 is 0. The second-order valence-electron chi connectivity index (χ2n) is 6.96. The standard InChI is InChI=1S/C24H20FNO4/c25-21-6-2-5-18(11-23(27)28)24(21)30-14-19-13-29-22-8-7-17(10-20(19)22)16-4-1-3-15(9-16)12-26/h1-10,13H,11-12,14,26H2,(H,27,28). The molecule has 3 aromatic carbocycles. The van der Waals surface area contributed by atoms with Gasteiger partial charge in [0.1, 0.15) is 12.2 Å². The molecule has 0 unspecified atom stereocenters. The monoisotopic (exact) mass is 405 g/mol. The molecule has 0 aliphatic carbocycles. The molecule has 0 saturated heterocycles. The molecule has 4 rings (SSSR count). The molecule has 1 aromatic heterocycles. The van der Waals surface area contributed by atoms with E-state index in [1.165, 1.54) is 12.1 Å². The number of hydrogen-bond acceptors (Lipinski definition) is 4.